The van der Waals surface area contributed by atoms with Crippen LogP contribution in [0.3, 0.4) is 0 Å². The Kier molecular flexibility index (Phi) is 3.94. The molecule has 22 heavy (non-hydrogen) atoms. The van der Waals surface area contributed by atoms with Crippen LogP contribution in [0, 0.1) is 34.5 Å². The van der Waals surface area contributed by atoms with Gasteiger partial charge < -0.3 is 0 Å². The third kappa shape index (κ3) is 2.38. The number of allylic oxidation sites excluding steroid dienone is 6. The lowest BCUT2D eigenvalue weighted by molar-refractivity contribution is 0.485. The molecule has 1 heterocycles. The average Bonchev–Trinajstić information content (AvgIpc) is 3.22. The molecule has 0 radical (unpaired) electrons. The molecule has 2 aliphatic rings. The Hall–Kier alpha value is -2.59. The minimum absolute atomic E-state index is 0.388. The summed E-state index contributed by atoms with van der Waals surface area (Å²) < 4.78 is 1.80. The molecule has 2 aliphatic carbocycles. The van der Waals surface area contributed by atoms with E-state index in [0.29, 0.717) is 17.5 Å². The third-order valence-corrected chi connectivity index (χ3v) is 4.63. The van der Waals surface area contributed by atoms with Gasteiger partial charge in [0.25, 0.3) is 0 Å². The van der Waals surface area contributed by atoms with E-state index in [-0.39, 0.29) is 0 Å². The maximum Gasteiger partial charge on any atom is 0.124 e. The number of hydrogen-bond donors (Lipinski definition) is 0. The van der Waals surface area contributed by atoms with Crippen molar-refractivity contribution in [3.8, 4) is 12.1 Å². The first kappa shape index (κ1) is 14.4. The molecule has 0 spiro atoms. The van der Waals surface area contributed by atoms with Crippen LogP contribution in [-0.4, -0.2) is 9.55 Å². The van der Waals surface area contributed by atoms with E-state index in [9.17, 15) is 10.5 Å². The monoisotopic (exact) mass is 290 g/mol. The first-order chi connectivity index (χ1) is 10.8. The minimum atomic E-state index is 0.388. The third-order valence-electron chi connectivity index (χ3n) is 4.63. The Morgan fingerprint density at radius 1 is 1.41 bits per heavy atom. The second-order valence-corrected chi connectivity index (χ2v) is 5.87. The van der Waals surface area contributed by atoms with Crippen LogP contribution in [0.2, 0.25) is 0 Å². The van der Waals surface area contributed by atoms with E-state index >= 15 is 0 Å². The molecule has 0 aromatic carbocycles. The molecule has 1 fully saturated rings. The maximum atomic E-state index is 9.49. The summed E-state index contributed by atoms with van der Waals surface area (Å²) in [6.45, 7) is 2.10. The first-order valence-corrected chi connectivity index (χ1v) is 7.68. The second kappa shape index (κ2) is 6.03. The predicted molar refractivity (Wildman–Crippen MR) is 84.0 cm³/mol. The summed E-state index contributed by atoms with van der Waals surface area (Å²) in [5.41, 5.74) is 4.01. The smallest absolute Gasteiger partial charge is 0.124 e. The van der Waals surface area contributed by atoms with Gasteiger partial charge in [0.2, 0.25) is 0 Å². The number of hydrogen-bond acceptors (Lipinski definition) is 3. The summed E-state index contributed by atoms with van der Waals surface area (Å²) in [7, 11) is 0. The molecule has 110 valence electrons. The molecule has 0 saturated heterocycles. The lowest BCUT2D eigenvalue weighted by Crippen LogP contribution is -2.01. The van der Waals surface area contributed by atoms with E-state index in [4.69, 9.17) is 0 Å². The Morgan fingerprint density at radius 2 is 2.27 bits per heavy atom. The second-order valence-electron chi connectivity index (χ2n) is 5.87. The summed E-state index contributed by atoms with van der Waals surface area (Å²) in [6.07, 6.45) is 13.0. The van der Waals surface area contributed by atoms with Gasteiger partial charge in [-0.2, -0.15) is 10.5 Å². The highest BCUT2D eigenvalue weighted by atomic mass is 15.0. The Balaban J connectivity index is 1.93. The van der Waals surface area contributed by atoms with Crippen LogP contribution in [0.5, 0.6) is 0 Å². The van der Waals surface area contributed by atoms with Crippen molar-refractivity contribution in [1.29, 1.82) is 10.5 Å². The van der Waals surface area contributed by atoms with Crippen molar-refractivity contribution < 1.29 is 0 Å². The van der Waals surface area contributed by atoms with Gasteiger partial charge in [-0.3, -0.25) is 4.57 Å². The minimum Gasteiger partial charge on any atom is -0.297 e. The number of aromatic nitrogens is 2. The van der Waals surface area contributed by atoms with Crippen molar-refractivity contribution in [2.45, 2.75) is 32.6 Å². The topological polar surface area (TPSA) is 65.4 Å². The van der Waals surface area contributed by atoms with E-state index in [0.717, 1.165) is 31.3 Å². The predicted octanol–water partition coefficient (Wildman–Crippen LogP) is 3.83. The summed E-state index contributed by atoms with van der Waals surface area (Å²) in [5.74, 6) is 0.854. The van der Waals surface area contributed by atoms with Crippen molar-refractivity contribution >= 4 is 5.70 Å². The van der Waals surface area contributed by atoms with Crippen LogP contribution in [0.4, 0.5) is 0 Å². The van der Waals surface area contributed by atoms with Crippen LogP contribution < -0.4 is 0 Å². The van der Waals surface area contributed by atoms with E-state index in [1.165, 1.54) is 11.1 Å². The molecule has 0 bridgehead atoms. The first-order valence-electron chi connectivity index (χ1n) is 7.68. The molecule has 0 aliphatic heterocycles. The van der Waals surface area contributed by atoms with Crippen LogP contribution >= 0.6 is 0 Å². The molecule has 0 amide bonds. The van der Waals surface area contributed by atoms with E-state index in [1.54, 1.807) is 17.1 Å². The normalized spacial score (nSPS) is 26.1. The Bertz CT molecular complexity index is 735. The van der Waals surface area contributed by atoms with Gasteiger partial charge in [-0.05, 0) is 48.7 Å². The maximum absolute atomic E-state index is 9.49. The molecule has 0 N–H and O–H groups in total. The fourth-order valence-electron chi connectivity index (χ4n) is 3.64. The van der Waals surface area contributed by atoms with Gasteiger partial charge >= 0.3 is 0 Å². The van der Waals surface area contributed by atoms with Crippen LogP contribution in [0.1, 0.15) is 32.6 Å². The molecule has 1 aromatic rings. The van der Waals surface area contributed by atoms with Crippen molar-refractivity contribution in [2.75, 3.05) is 0 Å². The number of imidazole rings is 1. The van der Waals surface area contributed by atoms with E-state index < -0.39 is 0 Å². The SMILES string of the molecule is CC/C=C\C1=C(C#N)CC2C/C(=C(/C#N)n3ccnc3)CC12. The number of rotatable bonds is 3. The van der Waals surface area contributed by atoms with Gasteiger partial charge in [-0.15, -0.1) is 0 Å². The Labute approximate surface area is 130 Å². The number of nitriles is 2. The van der Waals surface area contributed by atoms with Gasteiger partial charge in [0.15, 0.2) is 0 Å². The average molecular weight is 290 g/mol. The molecule has 3 rings (SSSR count). The lowest BCUT2D eigenvalue weighted by Gasteiger charge is -2.10. The van der Waals surface area contributed by atoms with Gasteiger partial charge in [0.05, 0.1) is 12.4 Å². The Morgan fingerprint density at radius 3 is 2.91 bits per heavy atom. The summed E-state index contributed by atoms with van der Waals surface area (Å²) in [6, 6.07) is 4.69. The zero-order valence-electron chi connectivity index (χ0n) is 12.7. The summed E-state index contributed by atoms with van der Waals surface area (Å²) >= 11 is 0. The highest BCUT2D eigenvalue weighted by Crippen LogP contribution is 2.51. The highest BCUT2D eigenvalue weighted by molar-refractivity contribution is 5.65. The zero-order chi connectivity index (χ0) is 15.5. The van der Waals surface area contributed by atoms with Gasteiger partial charge in [0.1, 0.15) is 11.8 Å². The molecule has 4 nitrogen and oxygen atoms in total. The summed E-state index contributed by atoms with van der Waals surface area (Å²) in [4.78, 5) is 4.03. The highest BCUT2D eigenvalue weighted by Gasteiger charge is 2.40. The van der Waals surface area contributed by atoms with Crippen molar-refractivity contribution in [2.24, 2.45) is 11.8 Å². The molecular weight excluding hydrogens is 272 g/mol. The van der Waals surface area contributed by atoms with Crippen LogP contribution in [-0.2, 0) is 0 Å². The molecule has 2 unspecified atom stereocenters. The fraction of sp³-hybridized carbons (Fsp3) is 0.389. The quantitative estimate of drug-likeness (QED) is 0.794. The van der Waals surface area contributed by atoms with Gasteiger partial charge in [0, 0.05) is 18.0 Å². The van der Waals surface area contributed by atoms with Crippen LogP contribution in [0.25, 0.3) is 5.70 Å². The van der Waals surface area contributed by atoms with E-state index in [2.05, 4.69) is 36.2 Å². The van der Waals surface area contributed by atoms with Gasteiger partial charge in [-0.25, -0.2) is 4.98 Å². The van der Waals surface area contributed by atoms with Crippen molar-refractivity contribution in [1.82, 2.24) is 9.55 Å². The van der Waals surface area contributed by atoms with Crippen molar-refractivity contribution in [3.63, 3.8) is 0 Å². The van der Waals surface area contributed by atoms with Gasteiger partial charge in [-0.1, -0.05) is 19.1 Å². The standard InChI is InChI=1S/C18H18N4/c1-2-3-4-16-15(10-19)8-13-7-14(9-17(13)16)18(11-20)22-6-5-21-12-22/h3-6,12-13,17H,2,7-9H2,1H3/b4-3-,18-14+. The largest absolute Gasteiger partial charge is 0.297 e. The molecule has 4 heteroatoms. The molecule has 1 aromatic heterocycles. The van der Waals surface area contributed by atoms with E-state index in [1.807, 2.05) is 6.20 Å². The number of nitrogens with zero attached hydrogens (tertiary/aromatic N) is 4. The number of fused-ring (bicyclic) bond motifs is 1. The summed E-state index contributed by atoms with van der Waals surface area (Å²) in [5, 5.41) is 18.8. The van der Waals surface area contributed by atoms with Crippen LogP contribution in [0.15, 0.2) is 47.6 Å². The van der Waals surface area contributed by atoms with Crippen molar-refractivity contribution in [3.05, 3.63) is 47.6 Å². The zero-order valence-corrected chi connectivity index (χ0v) is 12.7. The molecular formula is C18H18N4. The molecule has 2 atom stereocenters. The lowest BCUT2D eigenvalue weighted by atomic mass is 9.94. The molecule has 1 saturated carbocycles. The fourth-order valence-corrected chi connectivity index (χ4v) is 3.64.